The van der Waals surface area contributed by atoms with Crippen molar-refractivity contribution in [3.8, 4) is 0 Å². The Morgan fingerprint density at radius 2 is 1.94 bits per heavy atom. The van der Waals surface area contributed by atoms with Crippen LogP contribution in [-0.2, 0) is 4.79 Å². The fourth-order valence-corrected chi connectivity index (χ4v) is 2.43. The van der Waals surface area contributed by atoms with Crippen molar-refractivity contribution in [1.82, 2.24) is 4.90 Å². The number of carbonyl (C=O) groups is 1. The number of benzene rings is 1. The maximum absolute atomic E-state index is 12.1. The third kappa shape index (κ3) is 2.62. The SMILES string of the molecule is CN(C)C(=C1CC(O)CCC1=O)c1ccccc1. The first-order valence-corrected chi connectivity index (χ1v) is 6.26. The second-order valence-corrected chi connectivity index (χ2v) is 4.91. The Labute approximate surface area is 108 Å². The lowest BCUT2D eigenvalue weighted by molar-refractivity contribution is -0.117. The molecule has 1 fully saturated rings. The van der Waals surface area contributed by atoms with E-state index in [-0.39, 0.29) is 5.78 Å². The van der Waals surface area contributed by atoms with Crippen LogP contribution in [-0.4, -0.2) is 36.0 Å². The lowest BCUT2D eigenvalue weighted by Gasteiger charge is -2.26. The van der Waals surface area contributed by atoms with Gasteiger partial charge in [-0.2, -0.15) is 0 Å². The van der Waals surface area contributed by atoms with Crippen LogP contribution in [0.25, 0.3) is 5.70 Å². The summed E-state index contributed by atoms with van der Waals surface area (Å²) in [6.07, 6.45) is 1.09. The van der Waals surface area contributed by atoms with Gasteiger partial charge in [0.1, 0.15) is 0 Å². The van der Waals surface area contributed by atoms with Crippen LogP contribution in [0.1, 0.15) is 24.8 Å². The molecule has 0 aliphatic heterocycles. The third-order valence-corrected chi connectivity index (χ3v) is 3.26. The highest BCUT2D eigenvalue weighted by molar-refractivity contribution is 6.03. The van der Waals surface area contributed by atoms with Crippen molar-refractivity contribution in [3.05, 3.63) is 41.5 Å². The van der Waals surface area contributed by atoms with Gasteiger partial charge in [0.05, 0.1) is 11.8 Å². The molecule has 0 bridgehead atoms. The Hall–Kier alpha value is -1.61. The highest BCUT2D eigenvalue weighted by Crippen LogP contribution is 2.29. The molecule has 1 aliphatic rings. The molecule has 1 saturated carbocycles. The number of aliphatic hydroxyl groups is 1. The minimum atomic E-state index is -0.392. The monoisotopic (exact) mass is 245 g/mol. The number of hydrogen-bond donors (Lipinski definition) is 1. The molecule has 0 amide bonds. The Balaban J connectivity index is 2.49. The molecule has 18 heavy (non-hydrogen) atoms. The van der Waals surface area contributed by atoms with Gasteiger partial charge < -0.3 is 10.0 Å². The Kier molecular flexibility index (Phi) is 3.82. The summed E-state index contributed by atoms with van der Waals surface area (Å²) in [7, 11) is 3.87. The summed E-state index contributed by atoms with van der Waals surface area (Å²) >= 11 is 0. The van der Waals surface area contributed by atoms with Crippen molar-refractivity contribution in [2.75, 3.05) is 14.1 Å². The average molecular weight is 245 g/mol. The highest BCUT2D eigenvalue weighted by Gasteiger charge is 2.26. The molecule has 3 nitrogen and oxygen atoms in total. The third-order valence-electron chi connectivity index (χ3n) is 3.26. The second-order valence-electron chi connectivity index (χ2n) is 4.91. The number of aliphatic hydroxyl groups excluding tert-OH is 1. The van der Waals surface area contributed by atoms with Gasteiger partial charge in [0, 0.05) is 32.5 Å². The van der Waals surface area contributed by atoms with Gasteiger partial charge >= 0.3 is 0 Å². The highest BCUT2D eigenvalue weighted by atomic mass is 16.3. The van der Waals surface area contributed by atoms with Gasteiger partial charge in [0.15, 0.2) is 5.78 Å². The molecule has 0 heterocycles. The molecular formula is C15H19NO2. The minimum Gasteiger partial charge on any atom is -0.393 e. The number of hydrogen-bond acceptors (Lipinski definition) is 3. The van der Waals surface area contributed by atoms with E-state index in [2.05, 4.69) is 0 Å². The quantitative estimate of drug-likeness (QED) is 0.811. The van der Waals surface area contributed by atoms with Crippen LogP contribution < -0.4 is 0 Å². The largest absolute Gasteiger partial charge is 0.393 e. The van der Waals surface area contributed by atoms with E-state index in [1.54, 1.807) is 0 Å². The molecule has 1 unspecified atom stereocenters. The van der Waals surface area contributed by atoms with Crippen molar-refractivity contribution in [2.45, 2.75) is 25.4 Å². The van der Waals surface area contributed by atoms with Gasteiger partial charge in [-0.15, -0.1) is 0 Å². The standard InChI is InChI=1S/C15H19NO2/c1-16(2)15(11-6-4-3-5-7-11)13-10-12(17)8-9-14(13)18/h3-7,12,17H,8-10H2,1-2H3. The first-order valence-electron chi connectivity index (χ1n) is 6.26. The number of nitrogens with zero attached hydrogens (tertiary/aromatic N) is 1. The first kappa shape index (κ1) is 12.8. The molecule has 0 aromatic heterocycles. The summed E-state index contributed by atoms with van der Waals surface area (Å²) in [5, 5.41) is 9.77. The summed E-state index contributed by atoms with van der Waals surface area (Å²) in [4.78, 5) is 14.0. The van der Waals surface area contributed by atoms with Gasteiger partial charge in [-0.25, -0.2) is 0 Å². The minimum absolute atomic E-state index is 0.160. The van der Waals surface area contributed by atoms with Crippen LogP contribution in [0, 0.1) is 0 Å². The fraction of sp³-hybridized carbons (Fsp3) is 0.400. The molecule has 1 N–H and O–H groups in total. The van der Waals surface area contributed by atoms with E-state index in [4.69, 9.17) is 0 Å². The van der Waals surface area contributed by atoms with Crippen molar-refractivity contribution in [3.63, 3.8) is 0 Å². The van der Waals surface area contributed by atoms with Crippen LogP contribution in [0.3, 0.4) is 0 Å². The van der Waals surface area contributed by atoms with Gasteiger partial charge in [-0.05, 0) is 12.0 Å². The lowest BCUT2D eigenvalue weighted by Crippen LogP contribution is -2.25. The summed E-state index contributed by atoms with van der Waals surface area (Å²) in [5.41, 5.74) is 2.71. The smallest absolute Gasteiger partial charge is 0.161 e. The Morgan fingerprint density at radius 1 is 1.28 bits per heavy atom. The maximum atomic E-state index is 12.1. The van der Waals surface area contributed by atoms with E-state index in [9.17, 15) is 9.90 Å². The van der Waals surface area contributed by atoms with Gasteiger partial charge in [0.25, 0.3) is 0 Å². The van der Waals surface area contributed by atoms with E-state index in [0.29, 0.717) is 19.3 Å². The normalized spacial score (nSPS) is 22.8. The zero-order valence-electron chi connectivity index (χ0n) is 10.9. The van der Waals surface area contributed by atoms with E-state index >= 15 is 0 Å². The molecule has 2 rings (SSSR count). The van der Waals surface area contributed by atoms with Crippen LogP contribution in [0.15, 0.2) is 35.9 Å². The predicted molar refractivity (Wildman–Crippen MR) is 71.9 cm³/mol. The van der Waals surface area contributed by atoms with Gasteiger partial charge in [-0.1, -0.05) is 30.3 Å². The van der Waals surface area contributed by atoms with Crippen molar-refractivity contribution >= 4 is 11.5 Å². The van der Waals surface area contributed by atoms with Crippen molar-refractivity contribution in [2.24, 2.45) is 0 Å². The van der Waals surface area contributed by atoms with Gasteiger partial charge in [0.2, 0.25) is 0 Å². The molecular weight excluding hydrogens is 226 g/mol. The van der Waals surface area contributed by atoms with E-state index < -0.39 is 6.10 Å². The van der Waals surface area contributed by atoms with Gasteiger partial charge in [-0.3, -0.25) is 4.79 Å². The van der Waals surface area contributed by atoms with Crippen molar-refractivity contribution < 1.29 is 9.90 Å². The summed E-state index contributed by atoms with van der Waals surface area (Å²) in [5.74, 6) is 0.160. The van der Waals surface area contributed by atoms with E-state index in [1.165, 1.54) is 0 Å². The molecule has 0 spiro atoms. The zero-order valence-corrected chi connectivity index (χ0v) is 10.9. The molecule has 0 radical (unpaired) electrons. The molecule has 1 aromatic rings. The van der Waals surface area contributed by atoms with Crippen LogP contribution in [0.4, 0.5) is 0 Å². The zero-order chi connectivity index (χ0) is 13.1. The molecule has 1 aromatic carbocycles. The number of Topliss-reactive ketones (excluding diaryl/α,β-unsaturated/α-hetero) is 1. The van der Waals surface area contributed by atoms with E-state index in [0.717, 1.165) is 16.8 Å². The van der Waals surface area contributed by atoms with Crippen LogP contribution >= 0.6 is 0 Å². The number of rotatable bonds is 2. The summed E-state index contributed by atoms with van der Waals surface area (Å²) in [6, 6.07) is 9.87. The second kappa shape index (κ2) is 5.36. The maximum Gasteiger partial charge on any atom is 0.161 e. The lowest BCUT2D eigenvalue weighted by atomic mass is 9.88. The van der Waals surface area contributed by atoms with Crippen molar-refractivity contribution in [1.29, 1.82) is 0 Å². The summed E-state index contributed by atoms with van der Waals surface area (Å²) in [6.45, 7) is 0. The fourth-order valence-electron chi connectivity index (χ4n) is 2.43. The Morgan fingerprint density at radius 3 is 2.56 bits per heavy atom. The van der Waals surface area contributed by atoms with E-state index in [1.807, 2.05) is 49.3 Å². The van der Waals surface area contributed by atoms with Crippen LogP contribution in [0.2, 0.25) is 0 Å². The number of carbonyl (C=O) groups excluding carboxylic acids is 1. The predicted octanol–water partition coefficient (Wildman–Crippen LogP) is 2.07. The molecule has 96 valence electrons. The average Bonchev–Trinajstić information content (AvgIpc) is 2.35. The molecule has 3 heteroatoms. The first-order chi connectivity index (χ1) is 8.59. The molecule has 0 saturated heterocycles. The number of ketones is 1. The molecule has 1 aliphatic carbocycles. The Bertz CT molecular complexity index is 463. The molecule has 1 atom stereocenters. The van der Waals surface area contributed by atoms with Crippen LogP contribution in [0.5, 0.6) is 0 Å². The topological polar surface area (TPSA) is 40.5 Å². The summed E-state index contributed by atoms with van der Waals surface area (Å²) < 4.78 is 0.